The highest BCUT2D eigenvalue weighted by molar-refractivity contribution is 7.98. The Morgan fingerprint density at radius 2 is 1.68 bits per heavy atom. The highest BCUT2D eigenvalue weighted by Gasteiger charge is 2.43. The maximum absolute atomic E-state index is 13.2. The molecule has 0 spiro atoms. The van der Waals surface area contributed by atoms with Gasteiger partial charge in [0, 0.05) is 10.6 Å². The number of carbonyl (C=O) groups is 1. The van der Waals surface area contributed by atoms with Crippen molar-refractivity contribution in [1.82, 2.24) is 15.0 Å². The predicted molar refractivity (Wildman–Crippen MR) is 110 cm³/mol. The van der Waals surface area contributed by atoms with Crippen molar-refractivity contribution in [2.45, 2.75) is 36.8 Å². The smallest absolute Gasteiger partial charge is 0.417 e. The first-order valence-electron chi connectivity index (χ1n) is 9.55. The standard InChI is InChI=1S/C21H17F6N3O3S/c1-11-7-14(4-6-18(11)33-9-19(31)32)34-10-17-12(2)28-30(29-17)13-3-5-15(20(22,23)24)16(8-13)21(25,26)27/h3-8H,9-10H2,1-2H3,(H,31,32). The van der Waals surface area contributed by atoms with Gasteiger partial charge < -0.3 is 9.84 Å². The molecule has 13 heteroatoms. The van der Waals surface area contributed by atoms with Gasteiger partial charge in [-0.1, -0.05) is 0 Å². The SMILES string of the molecule is Cc1cc(SCc2nn(-c3ccc(C(F)(F)F)c(C(F)(F)F)c3)nc2C)ccc1OCC(=O)O. The van der Waals surface area contributed by atoms with Gasteiger partial charge in [-0.2, -0.15) is 41.3 Å². The van der Waals surface area contributed by atoms with Crippen molar-refractivity contribution in [3.8, 4) is 11.4 Å². The lowest BCUT2D eigenvalue weighted by molar-refractivity contribution is -0.162. The van der Waals surface area contributed by atoms with Gasteiger partial charge in [-0.3, -0.25) is 0 Å². The number of hydrogen-bond donors (Lipinski definition) is 1. The molecule has 0 amide bonds. The van der Waals surface area contributed by atoms with Crippen molar-refractivity contribution in [3.63, 3.8) is 0 Å². The molecule has 3 aromatic rings. The normalized spacial score (nSPS) is 12.1. The molecule has 0 bridgehead atoms. The minimum Gasteiger partial charge on any atom is -0.482 e. The second kappa shape index (κ2) is 9.57. The monoisotopic (exact) mass is 505 g/mol. The molecule has 0 radical (unpaired) electrons. The van der Waals surface area contributed by atoms with Crippen LogP contribution in [0.5, 0.6) is 5.75 Å². The Kier molecular flexibility index (Phi) is 7.15. The molecule has 182 valence electrons. The van der Waals surface area contributed by atoms with E-state index in [-0.39, 0.29) is 11.4 Å². The van der Waals surface area contributed by atoms with Gasteiger partial charge in [-0.15, -0.1) is 11.8 Å². The Hall–Kier alpha value is -3.22. The molecule has 0 unspecified atom stereocenters. The van der Waals surface area contributed by atoms with E-state index in [2.05, 4.69) is 10.2 Å². The molecular weight excluding hydrogens is 488 g/mol. The topological polar surface area (TPSA) is 77.2 Å². The molecule has 0 saturated carbocycles. The lowest BCUT2D eigenvalue weighted by atomic mass is 10.1. The second-order valence-corrected chi connectivity index (χ2v) is 8.19. The average molecular weight is 505 g/mol. The summed E-state index contributed by atoms with van der Waals surface area (Å²) in [6.07, 6.45) is -10.4. The lowest BCUT2D eigenvalue weighted by Crippen LogP contribution is -2.17. The van der Waals surface area contributed by atoms with Gasteiger partial charge in [0.05, 0.1) is 28.2 Å². The van der Waals surface area contributed by atoms with Gasteiger partial charge in [-0.25, -0.2) is 4.79 Å². The van der Waals surface area contributed by atoms with Crippen molar-refractivity contribution in [1.29, 1.82) is 0 Å². The number of carboxylic acid groups (broad SMARTS) is 1. The Bertz CT molecular complexity index is 1210. The van der Waals surface area contributed by atoms with Crippen LogP contribution in [0.4, 0.5) is 26.3 Å². The molecule has 0 saturated heterocycles. The van der Waals surface area contributed by atoms with Crippen molar-refractivity contribution in [2.75, 3.05) is 6.61 Å². The molecule has 0 fully saturated rings. The minimum atomic E-state index is -5.21. The summed E-state index contributed by atoms with van der Waals surface area (Å²) in [6.45, 7) is 2.85. The predicted octanol–water partition coefficient (Wildman–Crippen LogP) is 5.68. The van der Waals surface area contributed by atoms with Crippen LogP contribution in [0.15, 0.2) is 41.3 Å². The van der Waals surface area contributed by atoms with Gasteiger partial charge in [0.1, 0.15) is 5.75 Å². The van der Waals surface area contributed by atoms with Crippen LogP contribution in [0.2, 0.25) is 0 Å². The number of thioether (sulfide) groups is 1. The van der Waals surface area contributed by atoms with Crippen LogP contribution >= 0.6 is 11.8 Å². The van der Waals surface area contributed by atoms with E-state index in [1.165, 1.54) is 11.8 Å². The number of aromatic nitrogens is 3. The van der Waals surface area contributed by atoms with Gasteiger partial charge in [0.25, 0.3) is 0 Å². The largest absolute Gasteiger partial charge is 0.482 e. The fraction of sp³-hybridized carbons (Fsp3) is 0.286. The first-order chi connectivity index (χ1) is 15.8. The fourth-order valence-electron chi connectivity index (χ4n) is 2.96. The molecule has 0 aliphatic rings. The molecule has 1 heterocycles. The Morgan fingerprint density at radius 1 is 1.00 bits per heavy atom. The number of benzene rings is 2. The summed E-state index contributed by atoms with van der Waals surface area (Å²) in [5.74, 6) is -0.406. The first kappa shape index (κ1) is 25.4. The summed E-state index contributed by atoms with van der Waals surface area (Å²) in [7, 11) is 0. The lowest BCUT2D eigenvalue weighted by Gasteiger charge is -2.16. The van der Waals surface area contributed by atoms with E-state index < -0.39 is 36.1 Å². The van der Waals surface area contributed by atoms with E-state index >= 15 is 0 Å². The van der Waals surface area contributed by atoms with Crippen LogP contribution < -0.4 is 4.74 Å². The number of hydrogen-bond acceptors (Lipinski definition) is 5. The van der Waals surface area contributed by atoms with Crippen molar-refractivity contribution in [2.24, 2.45) is 0 Å². The van der Waals surface area contributed by atoms with Gasteiger partial charge in [0.2, 0.25) is 0 Å². The maximum atomic E-state index is 13.2. The van der Waals surface area contributed by atoms with Crippen LogP contribution in [-0.4, -0.2) is 32.7 Å². The van der Waals surface area contributed by atoms with E-state index in [0.717, 1.165) is 15.8 Å². The summed E-state index contributed by atoms with van der Waals surface area (Å²) >= 11 is 1.34. The van der Waals surface area contributed by atoms with Crippen LogP contribution in [0.25, 0.3) is 5.69 Å². The minimum absolute atomic E-state index is 0.254. The summed E-state index contributed by atoms with van der Waals surface area (Å²) in [6, 6.07) is 6.71. The van der Waals surface area contributed by atoms with Crippen LogP contribution in [0.3, 0.4) is 0 Å². The number of ether oxygens (including phenoxy) is 1. The fourth-order valence-corrected chi connectivity index (χ4v) is 3.96. The van der Waals surface area contributed by atoms with E-state index in [1.54, 1.807) is 32.0 Å². The number of rotatable bonds is 7. The van der Waals surface area contributed by atoms with E-state index in [4.69, 9.17) is 9.84 Å². The Labute approximate surface area is 193 Å². The number of carboxylic acids is 1. The molecule has 1 aromatic heterocycles. The molecular formula is C21H17F6N3O3S. The number of aliphatic carboxylic acids is 1. The van der Waals surface area contributed by atoms with Gasteiger partial charge in [0.15, 0.2) is 6.61 Å². The van der Waals surface area contributed by atoms with Crippen molar-refractivity contribution >= 4 is 17.7 Å². The Morgan fingerprint density at radius 3 is 2.26 bits per heavy atom. The van der Waals surface area contributed by atoms with Crippen LogP contribution in [-0.2, 0) is 22.9 Å². The highest BCUT2D eigenvalue weighted by Crippen LogP contribution is 2.41. The summed E-state index contributed by atoms with van der Waals surface area (Å²) in [4.78, 5) is 12.3. The van der Waals surface area contributed by atoms with Crippen LogP contribution in [0.1, 0.15) is 28.1 Å². The molecule has 0 aliphatic heterocycles. The van der Waals surface area contributed by atoms with Gasteiger partial charge >= 0.3 is 18.3 Å². The first-order valence-corrected chi connectivity index (χ1v) is 10.5. The zero-order valence-corrected chi connectivity index (χ0v) is 18.5. The molecule has 0 atom stereocenters. The van der Waals surface area contributed by atoms with E-state index in [9.17, 15) is 31.1 Å². The molecule has 6 nitrogen and oxygen atoms in total. The van der Waals surface area contributed by atoms with E-state index in [1.807, 2.05) is 0 Å². The number of halogens is 6. The average Bonchev–Trinajstić information content (AvgIpc) is 3.10. The summed E-state index contributed by atoms with van der Waals surface area (Å²) < 4.78 is 83.8. The van der Waals surface area contributed by atoms with Crippen molar-refractivity contribution in [3.05, 3.63) is 64.5 Å². The summed E-state index contributed by atoms with van der Waals surface area (Å²) in [5, 5.41) is 16.9. The zero-order chi connectivity index (χ0) is 25.3. The third-order valence-electron chi connectivity index (χ3n) is 4.60. The maximum Gasteiger partial charge on any atom is 0.417 e. The molecule has 2 aromatic carbocycles. The molecule has 1 N–H and O–H groups in total. The summed E-state index contributed by atoms with van der Waals surface area (Å²) in [5.41, 5.74) is -2.31. The Balaban J connectivity index is 1.80. The third-order valence-corrected chi connectivity index (χ3v) is 5.60. The third kappa shape index (κ3) is 6.01. The number of alkyl halides is 6. The molecule has 34 heavy (non-hydrogen) atoms. The highest BCUT2D eigenvalue weighted by atomic mass is 32.2. The molecule has 3 rings (SSSR count). The van der Waals surface area contributed by atoms with Crippen LogP contribution in [0, 0.1) is 13.8 Å². The second-order valence-electron chi connectivity index (χ2n) is 7.15. The molecule has 0 aliphatic carbocycles. The van der Waals surface area contributed by atoms with Gasteiger partial charge in [-0.05, 0) is 55.8 Å². The quantitative estimate of drug-likeness (QED) is 0.329. The number of nitrogens with zero attached hydrogens (tertiary/aromatic N) is 3. The van der Waals surface area contributed by atoms with Crippen molar-refractivity contribution < 1.29 is 41.0 Å². The zero-order valence-electron chi connectivity index (χ0n) is 17.7. The van der Waals surface area contributed by atoms with E-state index in [0.29, 0.717) is 34.8 Å². The number of aryl methyl sites for hydroxylation is 2.